The molecule has 1 atom stereocenters. The minimum Gasteiger partial charge on any atom is -0.374 e. The molecule has 0 saturated heterocycles. The van der Waals surface area contributed by atoms with Crippen molar-refractivity contribution in [2.24, 2.45) is 4.99 Å². The average Bonchev–Trinajstić information content (AvgIpc) is 3.49. The molecule has 0 fully saturated rings. The molecule has 1 heterocycles. The van der Waals surface area contributed by atoms with E-state index in [4.69, 9.17) is 4.74 Å². The van der Waals surface area contributed by atoms with Gasteiger partial charge in [-0.05, 0) is 70.1 Å². The Morgan fingerprint density at radius 2 is 1.76 bits per heavy atom. The summed E-state index contributed by atoms with van der Waals surface area (Å²) in [5, 5.41) is 5.86. The zero-order valence-corrected chi connectivity index (χ0v) is 29.0. The number of rotatable bonds is 11. The van der Waals surface area contributed by atoms with Crippen LogP contribution in [0.25, 0.3) is 5.70 Å². The molecule has 0 aliphatic carbocycles. The molecule has 0 saturated carbocycles. The fourth-order valence-corrected chi connectivity index (χ4v) is 3.73. The minimum absolute atomic E-state index is 0.00417. The van der Waals surface area contributed by atoms with Crippen molar-refractivity contribution in [2.45, 2.75) is 113 Å². The van der Waals surface area contributed by atoms with Gasteiger partial charge in [0.25, 0.3) is 5.91 Å². The van der Waals surface area contributed by atoms with Crippen molar-refractivity contribution in [3.63, 3.8) is 0 Å². The highest BCUT2D eigenvalue weighted by atomic mass is 32.2. The molecule has 2 rings (SSSR count). The standard InChI is InChI=1S/C18H26N2O2S.C11H18N2O.C3H8.C2H6/c1-5-8-17(6-2)22-12-15-9-7-10-16(11-15)14(3)20-18(23-4)19-13-21;1-5-12-10(14)9-6-7-13(8-9)11(2,3)4;1-3-2;1-2/h7,9-11,13,17H,3,5-6,8,12H2,1-2,4H3,(H,19,20,21);6-8H,5H2,1-4H3,(H,12,14);3H2,1-2H3;1-2H3. The van der Waals surface area contributed by atoms with Crippen molar-refractivity contribution in [2.75, 3.05) is 12.8 Å². The van der Waals surface area contributed by atoms with Gasteiger partial charge in [-0.1, -0.05) is 90.9 Å². The second kappa shape index (κ2) is 24.7. The Kier molecular flexibility index (Phi) is 24.3. The molecule has 2 aromatic rings. The fourth-order valence-electron chi connectivity index (χ4n) is 3.37. The molecule has 1 aromatic heterocycles. The van der Waals surface area contributed by atoms with Gasteiger partial charge in [-0.15, -0.1) is 0 Å². The van der Waals surface area contributed by atoms with Crippen molar-refractivity contribution < 1.29 is 14.3 Å². The molecule has 0 aliphatic heterocycles. The van der Waals surface area contributed by atoms with Crippen molar-refractivity contribution in [3.8, 4) is 0 Å². The number of nitrogens with one attached hydrogen (secondary N) is 2. The number of ether oxygens (including phenoxy) is 1. The van der Waals surface area contributed by atoms with E-state index < -0.39 is 0 Å². The molecule has 0 aliphatic rings. The second-order valence-corrected chi connectivity index (χ2v) is 11.0. The Bertz CT molecular complexity index is 1040. The van der Waals surface area contributed by atoms with Gasteiger partial charge in [0.2, 0.25) is 6.41 Å². The lowest BCUT2D eigenvalue weighted by atomic mass is 10.1. The van der Waals surface area contributed by atoms with Crippen LogP contribution in [0, 0.1) is 0 Å². The van der Waals surface area contributed by atoms with Gasteiger partial charge in [-0.3, -0.25) is 9.59 Å². The summed E-state index contributed by atoms with van der Waals surface area (Å²) in [5.41, 5.74) is 3.40. The predicted octanol–water partition coefficient (Wildman–Crippen LogP) is 8.65. The van der Waals surface area contributed by atoms with Crippen LogP contribution in [0.3, 0.4) is 0 Å². The van der Waals surface area contributed by atoms with Crippen LogP contribution in [0.5, 0.6) is 0 Å². The molecule has 0 radical (unpaired) electrons. The number of aliphatic imine (C=N–C) groups is 1. The number of aromatic nitrogens is 1. The number of nitrogens with zero attached hydrogens (tertiary/aromatic N) is 2. The number of carbonyl (C=O) groups is 2. The van der Waals surface area contributed by atoms with Crippen LogP contribution in [0.2, 0.25) is 0 Å². The van der Waals surface area contributed by atoms with Crippen LogP contribution in [0.15, 0.2) is 54.3 Å². The first-order valence-electron chi connectivity index (χ1n) is 15.2. The van der Waals surface area contributed by atoms with Gasteiger partial charge in [0.05, 0.1) is 24.0 Å². The molecule has 1 aromatic carbocycles. The molecule has 8 heteroatoms. The highest BCUT2D eigenvalue weighted by molar-refractivity contribution is 8.13. The molecular formula is C34H58N4O3S. The van der Waals surface area contributed by atoms with Crippen LogP contribution in [-0.2, 0) is 21.7 Å². The van der Waals surface area contributed by atoms with Crippen molar-refractivity contribution in [1.29, 1.82) is 0 Å². The monoisotopic (exact) mass is 602 g/mol. The summed E-state index contributed by atoms with van der Waals surface area (Å²) in [6.45, 7) is 26.0. The topological polar surface area (TPSA) is 84.7 Å². The van der Waals surface area contributed by atoms with E-state index in [2.05, 4.69) is 70.7 Å². The lowest BCUT2D eigenvalue weighted by Gasteiger charge is -2.20. The van der Waals surface area contributed by atoms with Crippen LogP contribution in [-0.4, -0.2) is 41.0 Å². The Labute approximate surface area is 261 Å². The zero-order chi connectivity index (χ0) is 32.6. The third-order valence-corrected chi connectivity index (χ3v) is 6.09. The van der Waals surface area contributed by atoms with Gasteiger partial charge >= 0.3 is 0 Å². The molecule has 0 spiro atoms. The largest absolute Gasteiger partial charge is 0.374 e. The summed E-state index contributed by atoms with van der Waals surface area (Å²) < 4.78 is 8.00. The van der Waals surface area contributed by atoms with E-state index >= 15 is 0 Å². The summed E-state index contributed by atoms with van der Waals surface area (Å²) in [5.74, 6) is -0.00417. The number of hydrogen-bond acceptors (Lipinski definition) is 5. The van der Waals surface area contributed by atoms with Crippen molar-refractivity contribution in [1.82, 2.24) is 15.2 Å². The van der Waals surface area contributed by atoms with Crippen LogP contribution in [0.1, 0.15) is 116 Å². The highest BCUT2D eigenvalue weighted by Gasteiger charge is 2.14. The summed E-state index contributed by atoms with van der Waals surface area (Å²) in [6, 6.07) is 9.84. The lowest BCUT2D eigenvalue weighted by Crippen LogP contribution is -2.23. The number of amidine groups is 1. The van der Waals surface area contributed by atoms with E-state index in [0.717, 1.165) is 36.0 Å². The molecule has 2 amide bonds. The summed E-state index contributed by atoms with van der Waals surface area (Å²) in [7, 11) is 0. The van der Waals surface area contributed by atoms with E-state index in [9.17, 15) is 9.59 Å². The molecule has 42 heavy (non-hydrogen) atoms. The maximum absolute atomic E-state index is 11.5. The van der Waals surface area contributed by atoms with Gasteiger partial charge < -0.3 is 19.9 Å². The number of hydrogen-bond donors (Lipinski definition) is 2. The normalized spacial score (nSPS) is 11.4. The fraction of sp³-hybridized carbons (Fsp3) is 0.559. The van der Waals surface area contributed by atoms with Crippen LogP contribution in [0.4, 0.5) is 0 Å². The van der Waals surface area contributed by atoms with E-state index in [1.165, 1.54) is 18.2 Å². The van der Waals surface area contributed by atoms with Gasteiger partial charge in [0, 0.05) is 24.5 Å². The smallest absolute Gasteiger partial charge is 0.252 e. The minimum atomic E-state index is -0.00417. The number of amides is 2. The number of carbonyl (C=O) groups excluding carboxylic acids is 2. The zero-order valence-electron chi connectivity index (χ0n) is 28.2. The Balaban J connectivity index is 0. The molecular weight excluding hydrogens is 544 g/mol. The van der Waals surface area contributed by atoms with Gasteiger partial charge in [-0.25, -0.2) is 4.99 Å². The second-order valence-electron chi connectivity index (χ2n) is 10.2. The van der Waals surface area contributed by atoms with E-state index in [1.807, 2.05) is 74.3 Å². The van der Waals surface area contributed by atoms with Crippen LogP contribution < -0.4 is 10.6 Å². The maximum Gasteiger partial charge on any atom is 0.252 e. The van der Waals surface area contributed by atoms with E-state index in [-0.39, 0.29) is 11.4 Å². The lowest BCUT2D eigenvalue weighted by molar-refractivity contribution is -0.108. The SMILES string of the molecule is C=C(N=C(NC=O)SC)c1cccc(COC(CC)CCC)c1.CC.CCC.CCNC(=O)c1ccn(C(C)(C)C)c1. The molecule has 7 nitrogen and oxygen atoms in total. The summed E-state index contributed by atoms with van der Waals surface area (Å²) in [6.07, 6.45) is 11.1. The van der Waals surface area contributed by atoms with Crippen LogP contribution >= 0.6 is 11.8 Å². The van der Waals surface area contributed by atoms with Gasteiger partial charge in [-0.2, -0.15) is 0 Å². The molecule has 1 unspecified atom stereocenters. The van der Waals surface area contributed by atoms with E-state index in [1.54, 1.807) is 0 Å². The first-order valence-corrected chi connectivity index (χ1v) is 16.4. The van der Waals surface area contributed by atoms with Gasteiger partial charge in [0.15, 0.2) is 5.17 Å². The highest BCUT2D eigenvalue weighted by Crippen LogP contribution is 2.19. The molecule has 2 N–H and O–H groups in total. The molecule has 238 valence electrons. The first-order chi connectivity index (χ1) is 20.0. The number of benzene rings is 1. The predicted molar refractivity (Wildman–Crippen MR) is 184 cm³/mol. The summed E-state index contributed by atoms with van der Waals surface area (Å²) in [4.78, 5) is 26.3. The van der Waals surface area contributed by atoms with Gasteiger partial charge in [0.1, 0.15) is 0 Å². The molecule has 0 bridgehead atoms. The summed E-state index contributed by atoms with van der Waals surface area (Å²) >= 11 is 1.37. The number of thioether (sulfide) groups is 1. The maximum atomic E-state index is 11.5. The first kappa shape index (κ1) is 41.3. The Morgan fingerprint density at radius 3 is 2.24 bits per heavy atom. The Hall–Kier alpha value is -2.84. The van der Waals surface area contributed by atoms with Crippen molar-refractivity contribution in [3.05, 3.63) is 66.0 Å². The average molecular weight is 603 g/mol. The third-order valence-electron chi connectivity index (χ3n) is 5.49. The van der Waals surface area contributed by atoms with E-state index in [0.29, 0.717) is 36.5 Å². The quantitative estimate of drug-likeness (QED) is 0.153. The third kappa shape index (κ3) is 17.9. The van der Waals surface area contributed by atoms with Crippen molar-refractivity contribution >= 4 is 34.9 Å². The Morgan fingerprint density at radius 1 is 1.12 bits per heavy atom.